The van der Waals surface area contributed by atoms with E-state index in [1.54, 1.807) is 0 Å². The van der Waals surface area contributed by atoms with Gasteiger partial charge in [-0.05, 0) is 29.9 Å². The van der Waals surface area contributed by atoms with Crippen molar-refractivity contribution >= 4 is 5.97 Å². The van der Waals surface area contributed by atoms with Gasteiger partial charge >= 0.3 is 5.97 Å². The van der Waals surface area contributed by atoms with Gasteiger partial charge in [0, 0.05) is 0 Å². The molecule has 0 bridgehead atoms. The SMILES string of the molecule is COC(=O)Cc1ccccc1C1CC1. The molecule has 1 aromatic rings. The third kappa shape index (κ3) is 1.95. The molecular formula is C12H14O2. The molecule has 0 saturated heterocycles. The Bertz CT molecular complexity index is 340. The second kappa shape index (κ2) is 3.82. The van der Waals surface area contributed by atoms with E-state index in [0.29, 0.717) is 12.3 Å². The van der Waals surface area contributed by atoms with Gasteiger partial charge in [-0.3, -0.25) is 4.79 Å². The molecule has 1 aromatic carbocycles. The number of esters is 1. The number of carbonyl (C=O) groups is 1. The van der Waals surface area contributed by atoms with Crippen LogP contribution in [0.25, 0.3) is 0 Å². The van der Waals surface area contributed by atoms with Crippen LogP contribution in [-0.4, -0.2) is 13.1 Å². The normalized spacial score (nSPS) is 15.2. The molecule has 0 spiro atoms. The average molecular weight is 190 g/mol. The van der Waals surface area contributed by atoms with Gasteiger partial charge in [0.2, 0.25) is 0 Å². The molecule has 0 radical (unpaired) electrons. The zero-order valence-electron chi connectivity index (χ0n) is 8.32. The van der Waals surface area contributed by atoms with Crippen LogP contribution in [-0.2, 0) is 16.0 Å². The zero-order valence-corrected chi connectivity index (χ0v) is 8.32. The highest BCUT2D eigenvalue weighted by atomic mass is 16.5. The lowest BCUT2D eigenvalue weighted by Gasteiger charge is -2.06. The Morgan fingerprint density at radius 1 is 1.43 bits per heavy atom. The Morgan fingerprint density at radius 2 is 2.14 bits per heavy atom. The van der Waals surface area contributed by atoms with Crippen LogP contribution >= 0.6 is 0 Å². The highest BCUT2D eigenvalue weighted by Gasteiger charge is 2.26. The molecule has 1 fully saturated rings. The van der Waals surface area contributed by atoms with Crippen molar-refractivity contribution in [3.8, 4) is 0 Å². The summed E-state index contributed by atoms with van der Waals surface area (Å²) in [6, 6.07) is 8.15. The number of rotatable bonds is 3. The number of hydrogen-bond acceptors (Lipinski definition) is 2. The quantitative estimate of drug-likeness (QED) is 0.683. The predicted octanol–water partition coefficient (Wildman–Crippen LogP) is 2.28. The van der Waals surface area contributed by atoms with Crippen LogP contribution in [0.1, 0.15) is 29.9 Å². The van der Waals surface area contributed by atoms with Gasteiger partial charge in [-0.25, -0.2) is 0 Å². The molecule has 0 N–H and O–H groups in total. The highest BCUT2D eigenvalue weighted by molar-refractivity contribution is 5.73. The fourth-order valence-corrected chi connectivity index (χ4v) is 1.72. The number of methoxy groups -OCH3 is 1. The summed E-state index contributed by atoms with van der Waals surface area (Å²) >= 11 is 0. The molecule has 74 valence electrons. The third-order valence-corrected chi connectivity index (χ3v) is 2.63. The van der Waals surface area contributed by atoms with Crippen molar-refractivity contribution in [3.05, 3.63) is 35.4 Å². The molecule has 0 atom stereocenters. The Morgan fingerprint density at radius 3 is 2.79 bits per heavy atom. The number of ether oxygens (including phenoxy) is 1. The smallest absolute Gasteiger partial charge is 0.309 e. The van der Waals surface area contributed by atoms with Crippen molar-refractivity contribution in [2.75, 3.05) is 7.11 Å². The summed E-state index contributed by atoms with van der Waals surface area (Å²) in [5.41, 5.74) is 2.46. The van der Waals surface area contributed by atoms with E-state index in [1.807, 2.05) is 18.2 Å². The lowest BCUT2D eigenvalue weighted by molar-refractivity contribution is -0.139. The van der Waals surface area contributed by atoms with Crippen molar-refractivity contribution in [1.82, 2.24) is 0 Å². The monoisotopic (exact) mass is 190 g/mol. The second-order valence-corrected chi connectivity index (χ2v) is 3.73. The van der Waals surface area contributed by atoms with E-state index in [9.17, 15) is 4.79 Å². The summed E-state index contributed by atoms with van der Waals surface area (Å²) in [6.07, 6.45) is 2.93. The first-order chi connectivity index (χ1) is 6.81. The van der Waals surface area contributed by atoms with Crippen molar-refractivity contribution in [2.24, 2.45) is 0 Å². The van der Waals surface area contributed by atoms with Crippen molar-refractivity contribution in [3.63, 3.8) is 0 Å². The maximum atomic E-state index is 11.2. The summed E-state index contributed by atoms with van der Waals surface area (Å²) in [7, 11) is 1.43. The first kappa shape index (κ1) is 9.25. The lowest BCUT2D eigenvalue weighted by Crippen LogP contribution is -2.06. The first-order valence-corrected chi connectivity index (χ1v) is 4.96. The molecule has 2 rings (SSSR count). The van der Waals surface area contributed by atoms with Crippen LogP contribution in [0.4, 0.5) is 0 Å². The molecule has 1 aliphatic carbocycles. The van der Waals surface area contributed by atoms with Gasteiger partial charge in [0.25, 0.3) is 0 Å². The standard InChI is InChI=1S/C12H14O2/c1-14-12(13)8-10-4-2-3-5-11(10)9-6-7-9/h2-5,9H,6-8H2,1H3. The number of benzene rings is 1. The van der Waals surface area contributed by atoms with Crippen molar-refractivity contribution in [1.29, 1.82) is 0 Å². The molecule has 2 nitrogen and oxygen atoms in total. The van der Waals surface area contributed by atoms with Crippen LogP contribution in [0.2, 0.25) is 0 Å². The Balaban J connectivity index is 2.18. The van der Waals surface area contributed by atoms with Gasteiger partial charge < -0.3 is 4.74 Å². The molecule has 0 aromatic heterocycles. The van der Waals surface area contributed by atoms with Gasteiger partial charge in [0.1, 0.15) is 0 Å². The summed E-state index contributed by atoms with van der Waals surface area (Å²) in [6.45, 7) is 0. The van der Waals surface area contributed by atoms with Gasteiger partial charge in [0.05, 0.1) is 13.5 Å². The largest absolute Gasteiger partial charge is 0.469 e. The highest BCUT2D eigenvalue weighted by Crippen LogP contribution is 2.41. The average Bonchev–Trinajstić information content (AvgIpc) is 3.02. The van der Waals surface area contributed by atoms with Crippen LogP contribution < -0.4 is 0 Å². The van der Waals surface area contributed by atoms with E-state index in [2.05, 4.69) is 10.8 Å². The topological polar surface area (TPSA) is 26.3 Å². The minimum Gasteiger partial charge on any atom is -0.469 e. The van der Waals surface area contributed by atoms with Crippen molar-refractivity contribution in [2.45, 2.75) is 25.2 Å². The van der Waals surface area contributed by atoms with Crippen LogP contribution in [0.3, 0.4) is 0 Å². The van der Waals surface area contributed by atoms with Gasteiger partial charge in [-0.15, -0.1) is 0 Å². The summed E-state index contributed by atoms with van der Waals surface area (Å²) in [5.74, 6) is 0.536. The number of hydrogen-bond donors (Lipinski definition) is 0. The van der Waals surface area contributed by atoms with Gasteiger partial charge in [-0.1, -0.05) is 24.3 Å². The van der Waals surface area contributed by atoms with E-state index < -0.39 is 0 Å². The van der Waals surface area contributed by atoms with E-state index in [-0.39, 0.29) is 5.97 Å². The van der Waals surface area contributed by atoms with Crippen LogP contribution in [0.15, 0.2) is 24.3 Å². The molecule has 0 aliphatic heterocycles. The lowest BCUT2D eigenvalue weighted by atomic mass is 10.0. The minimum absolute atomic E-state index is 0.155. The second-order valence-electron chi connectivity index (χ2n) is 3.73. The Hall–Kier alpha value is -1.31. The van der Waals surface area contributed by atoms with E-state index in [0.717, 1.165) is 5.56 Å². The predicted molar refractivity (Wildman–Crippen MR) is 54.1 cm³/mol. The summed E-state index contributed by atoms with van der Waals surface area (Å²) in [4.78, 5) is 11.2. The van der Waals surface area contributed by atoms with E-state index >= 15 is 0 Å². The summed E-state index contributed by atoms with van der Waals surface area (Å²) in [5, 5.41) is 0. The molecule has 2 heteroatoms. The third-order valence-electron chi connectivity index (χ3n) is 2.63. The molecular weight excluding hydrogens is 176 g/mol. The fraction of sp³-hybridized carbons (Fsp3) is 0.417. The van der Waals surface area contributed by atoms with Crippen LogP contribution in [0.5, 0.6) is 0 Å². The molecule has 14 heavy (non-hydrogen) atoms. The first-order valence-electron chi connectivity index (χ1n) is 4.96. The zero-order chi connectivity index (χ0) is 9.97. The summed E-state index contributed by atoms with van der Waals surface area (Å²) < 4.78 is 4.67. The molecule has 1 saturated carbocycles. The minimum atomic E-state index is -0.155. The maximum Gasteiger partial charge on any atom is 0.309 e. The fourth-order valence-electron chi connectivity index (χ4n) is 1.72. The van der Waals surface area contributed by atoms with Crippen LogP contribution in [0, 0.1) is 0 Å². The number of carbonyl (C=O) groups excluding carboxylic acids is 1. The Kier molecular flexibility index (Phi) is 2.53. The molecule has 1 aliphatic rings. The molecule has 0 heterocycles. The van der Waals surface area contributed by atoms with Crippen molar-refractivity contribution < 1.29 is 9.53 Å². The van der Waals surface area contributed by atoms with E-state index in [1.165, 1.54) is 25.5 Å². The maximum absolute atomic E-state index is 11.2. The molecule has 0 amide bonds. The van der Waals surface area contributed by atoms with Gasteiger partial charge in [0.15, 0.2) is 0 Å². The molecule has 0 unspecified atom stereocenters. The Labute approximate surface area is 83.9 Å². The van der Waals surface area contributed by atoms with Gasteiger partial charge in [-0.2, -0.15) is 0 Å². The van der Waals surface area contributed by atoms with E-state index in [4.69, 9.17) is 0 Å².